The van der Waals surface area contributed by atoms with Gasteiger partial charge in [-0.1, -0.05) is 6.07 Å². The summed E-state index contributed by atoms with van der Waals surface area (Å²) in [6.07, 6.45) is 2.99. The van der Waals surface area contributed by atoms with Gasteiger partial charge in [0.1, 0.15) is 0 Å². The summed E-state index contributed by atoms with van der Waals surface area (Å²) in [4.78, 5) is 26.2. The fourth-order valence-electron chi connectivity index (χ4n) is 1.69. The molecule has 2 rings (SSSR count). The van der Waals surface area contributed by atoms with Crippen LogP contribution in [0.2, 0.25) is 0 Å². The van der Waals surface area contributed by atoms with Crippen LogP contribution in [0.5, 0.6) is 0 Å². The fourth-order valence-corrected chi connectivity index (χ4v) is 1.69. The van der Waals surface area contributed by atoms with Crippen LogP contribution >= 0.6 is 0 Å². The van der Waals surface area contributed by atoms with Crippen LogP contribution in [0, 0.1) is 10.1 Å². The Labute approximate surface area is 114 Å². The highest BCUT2D eigenvalue weighted by Crippen LogP contribution is 2.19. The molecule has 1 amide bonds. The van der Waals surface area contributed by atoms with E-state index in [0.29, 0.717) is 16.9 Å². The number of nitro groups is 1. The Morgan fingerprint density at radius 2 is 2.15 bits per heavy atom. The molecule has 0 atom stereocenters. The molecule has 1 aromatic heterocycles. The number of aromatic nitrogens is 1. The summed E-state index contributed by atoms with van der Waals surface area (Å²) >= 11 is 0. The van der Waals surface area contributed by atoms with Crippen molar-refractivity contribution in [2.75, 3.05) is 17.7 Å². The van der Waals surface area contributed by atoms with E-state index in [-0.39, 0.29) is 11.6 Å². The van der Waals surface area contributed by atoms with Gasteiger partial charge in [-0.15, -0.1) is 0 Å². The second-order valence-electron chi connectivity index (χ2n) is 3.93. The van der Waals surface area contributed by atoms with Gasteiger partial charge in [-0.3, -0.25) is 19.9 Å². The molecule has 0 radical (unpaired) electrons. The standard InChI is InChI=1S/C13H12N4O3/c1-14-12-5-6-15-8-11(12)13(18)16-9-3-2-4-10(7-9)17(19)20/h2-8H,1H3,(H,14,15)(H,16,18). The molecule has 0 saturated carbocycles. The Morgan fingerprint density at radius 3 is 2.85 bits per heavy atom. The van der Waals surface area contributed by atoms with Gasteiger partial charge in [0.2, 0.25) is 0 Å². The average Bonchev–Trinajstić information content (AvgIpc) is 2.47. The van der Waals surface area contributed by atoms with E-state index in [2.05, 4.69) is 15.6 Å². The van der Waals surface area contributed by atoms with Gasteiger partial charge in [-0.2, -0.15) is 0 Å². The SMILES string of the molecule is CNc1ccncc1C(=O)Nc1cccc([N+](=O)[O-])c1. The number of rotatable bonds is 4. The molecule has 0 unspecified atom stereocenters. The molecule has 7 nitrogen and oxygen atoms in total. The number of carbonyl (C=O) groups is 1. The molecule has 20 heavy (non-hydrogen) atoms. The molecular weight excluding hydrogens is 260 g/mol. The topological polar surface area (TPSA) is 97.2 Å². The van der Waals surface area contributed by atoms with E-state index < -0.39 is 4.92 Å². The van der Waals surface area contributed by atoms with E-state index >= 15 is 0 Å². The van der Waals surface area contributed by atoms with Crippen molar-refractivity contribution >= 4 is 23.0 Å². The number of non-ortho nitro benzene ring substituents is 1. The molecule has 2 aromatic rings. The van der Waals surface area contributed by atoms with Crippen LogP contribution in [0.4, 0.5) is 17.1 Å². The number of benzene rings is 1. The second-order valence-corrected chi connectivity index (χ2v) is 3.93. The van der Waals surface area contributed by atoms with Crippen LogP contribution in [0.15, 0.2) is 42.7 Å². The number of pyridine rings is 1. The highest BCUT2D eigenvalue weighted by Gasteiger charge is 2.12. The Kier molecular flexibility index (Phi) is 3.90. The lowest BCUT2D eigenvalue weighted by molar-refractivity contribution is -0.384. The summed E-state index contributed by atoms with van der Waals surface area (Å²) in [7, 11) is 1.69. The van der Waals surface area contributed by atoms with Gasteiger partial charge in [0, 0.05) is 42.9 Å². The molecule has 1 heterocycles. The summed E-state index contributed by atoms with van der Waals surface area (Å²) in [5.41, 5.74) is 1.27. The smallest absolute Gasteiger partial charge is 0.271 e. The zero-order chi connectivity index (χ0) is 14.5. The molecule has 0 saturated heterocycles. The number of nitrogens with zero attached hydrogens (tertiary/aromatic N) is 2. The molecule has 1 aromatic carbocycles. The predicted octanol–water partition coefficient (Wildman–Crippen LogP) is 2.28. The van der Waals surface area contributed by atoms with Crippen molar-refractivity contribution in [2.45, 2.75) is 0 Å². The third-order valence-electron chi connectivity index (χ3n) is 2.65. The normalized spacial score (nSPS) is 9.85. The second kappa shape index (κ2) is 5.79. The summed E-state index contributed by atoms with van der Waals surface area (Å²) < 4.78 is 0. The molecule has 0 fully saturated rings. The first-order valence-electron chi connectivity index (χ1n) is 5.79. The Hall–Kier alpha value is -2.96. The van der Waals surface area contributed by atoms with Crippen LogP contribution in [-0.2, 0) is 0 Å². The van der Waals surface area contributed by atoms with Gasteiger partial charge >= 0.3 is 0 Å². The van der Waals surface area contributed by atoms with E-state index in [9.17, 15) is 14.9 Å². The average molecular weight is 272 g/mol. The predicted molar refractivity (Wildman–Crippen MR) is 74.8 cm³/mol. The minimum atomic E-state index is -0.515. The van der Waals surface area contributed by atoms with Crippen molar-refractivity contribution < 1.29 is 9.72 Å². The zero-order valence-electron chi connectivity index (χ0n) is 10.7. The minimum absolute atomic E-state index is 0.0807. The fraction of sp³-hybridized carbons (Fsp3) is 0.0769. The number of hydrogen-bond donors (Lipinski definition) is 2. The Balaban J connectivity index is 2.23. The molecular formula is C13H12N4O3. The zero-order valence-corrected chi connectivity index (χ0v) is 10.7. The maximum atomic E-state index is 12.1. The van der Waals surface area contributed by atoms with Crippen molar-refractivity contribution in [3.63, 3.8) is 0 Å². The van der Waals surface area contributed by atoms with Gasteiger partial charge in [-0.25, -0.2) is 0 Å². The Morgan fingerprint density at radius 1 is 1.35 bits per heavy atom. The molecule has 0 aliphatic rings. The van der Waals surface area contributed by atoms with Crippen molar-refractivity contribution in [1.29, 1.82) is 0 Å². The summed E-state index contributed by atoms with van der Waals surface area (Å²) in [5.74, 6) is -0.386. The van der Waals surface area contributed by atoms with Crippen LogP contribution in [-0.4, -0.2) is 22.9 Å². The van der Waals surface area contributed by atoms with Crippen molar-refractivity contribution in [2.24, 2.45) is 0 Å². The molecule has 0 aliphatic carbocycles. The first-order chi connectivity index (χ1) is 9.61. The number of carbonyl (C=O) groups excluding carboxylic acids is 1. The highest BCUT2D eigenvalue weighted by atomic mass is 16.6. The molecule has 0 bridgehead atoms. The highest BCUT2D eigenvalue weighted by molar-refractivity contribution is 6.07. The van der Waals surface area contributed by atoms with E-state index in [1.807, 2.05) is 0 Å². The van der Waals surface area contributed by atoms with Gasteiger partial charge in [0.05, 0.1) is 10.5 Å². The van der Waals surface area contributed by atoms with Crippen LogP contribution in [0.25, 0.3) is 0 Å². The quantitative estimate of drug-likeness (QED) is 0.657. The molecule has 102 valence electrons. The number of amides is 1. The van der Waals surface area contributed by atoms with Gasteiger partial charge in [0.25, 0.3) is 11.6 Å². The van der Waals surface area contributed by atoms with Gasteiger partial charge < -0.3 is 10.6 Å². The maximum Gasteiger partial charge on any atom is 0.271 e. The maximum absolute atomic E-state index is 12.1. The van der Waals surface area contributed by atoms with Crippen LogP contribution in [0.3, 0.4) is 0 Å². The first-order valence-corrected chi connectivity index (χ1v) is 5.79. The lowest BCUT2D eigenvalue weighted by Crippen LogP contribution is -2.14. The molecule has 7 heteroatoms. The van der Waals surface area contributed by atoms with E-state index in [4.69, 9.17) is 0 Å². The third-order valence-corrected chi connectivity index (χ3v) is 2.65. The largest absolute Gasteiger partial charge is 0.387 e. The minimum Gasteiger partial charge on any atom is -0.387 e. The van der Waals surface area contributed by atoms with Crippen LogP contribution < -0.4 is 10.6 Å². The van der Waals surface area contributed by atoms with E-state index in [1.54, 1.807) is 25.4 Å². The number of anilines is 2. The number of nitrogens with one attached hydrogen (secondary N) is 2. The molecule has 0 aliphatic heterocycles. The van der Waals surface area contributed by atoms with Gasteiger partial charge in [-0.05, 0) is 12.1 Å². The van der Waals surface area contributed by atoms with E-state index in [0.717, 1.165) is 0 Å². The monoisotopic (exact) mass is 272 g/mol. The third kappa shape index (κ3) is 2.89. The summed E-state index contributed by atoms with van der Waals surface area (Å²) in [6.45, 7) is 0. The van der Waals surface area contributed by atoms with Gasteiger partial charge in [0.15, 0.2) is 0 Å². The lowest BCUT2D eigenvalue weighted by atomic mass is 10.2. The van der Waals surface area contributed by atoms with Crippen molar-refractivity contribution in [3.05, 3.63) is 58.4 Å². The first kappa shape index (κ1) is 13.5. The van der Waals surface area contributed by atoms with Crippen molar-refractivity contribution in [1.82, 2.24) is 4.98 Å². The van der Waals surface area contributed by atoms with Crippen molar-refractivity contribution in [3.8, 4) is 0 Å². The summed E-state index contributed by atoms with van der Waals surface area (Å²) in [5, 5.41) is 16.2. The molecule has 2 N–H and O–H groups in total. The lowest BCUT2D eigenvalue weighted by Gasteiger charge is -2.08. The summed E-state index contributed by atoms with van der Waals surface area (Å²) in [6, 6.07) is 7.42. The molecule has 0 spiro atoms. The number of nitro benzene ring substituents is 1. The van der Waals surface area contributed by atoms with Crippen LogP contribution in [0.1, 0.15) is 10.4 Å². The number of hydrogen-bond acceptors (Lipinski definition) is 5. The Bertz CT molecular complexity index is 658. The van der Waals surface area contributed by atoms with E-state index in [1.165, 1.54) is 24.4 Å².